The third-order valence-electron chi connectivity index (χ3n) is 5.04. The summed E-state index contributed by atoms with van der Waals surface area (Å²) in [4.78, 5) is 2.31. The largest absolute Gasteiger partial charge is 0.347 e. The van der Waals surface area contributed by atoms with Crippen LogP contribution in [0.2, 0.25) is 0 Å². The molecule has 2 aromatic rings. The molecule has 0 aliphatic heterocycles. The van der Waals surface area contributed by atoms with Crippen LogP contribution in [0.25, 0.3) is 10.9 Å². The Bertz CT molecular complexity index is 705. The molecule has 2 atom stereocenters. The van der Waals surface area contributed by atoms with Crippen molar-refractivity contribution in [3.8, 4) is 6.07 Å². The van der Waals surface area contributed by atoms with Crippen molar-refractivity contribution in [2.24, 2.45) is 5.92 Å². The Kier molecular flexibility index (Phi) is 4.22. The fourth-order valence-electron chi connectivity index (χ4n) is 4.09. The minimum atomic E-state index is 0.631. The van der Waals surface area contributed by atoms with Gasteiger partial charge in [0, 0.05) is 30.2 Å². The third kappa shape index (κ3) is 2.64. The third-order valence-corrected chi connectivity index (χ3v) is 5.04. The first kappa shape index (κ1) is 15.1. The summed E-state index contributed by atoms with van der Waals surface area (Å²) in [6.45, 7) is 4.32. The molecule has 1 aromatic carbocycles. The summed E-state index contributed by atoms with van der Waals surface area (Å²) in [6.07, 6.45) is 6.25. The Labute approximate surface area is 133 Å². The van der Waals surface area contributed by atoms with Gasteiger partial charge in [0.25, 0.3) is 0 Å². The first-order valence-corrected chi connectivity index (χ1v) is 8.31. The average Bonchev–Trinajstić information content (AvgIpc) is 3.09. The van der Waals surface area contributed by atoms with E-state index in [2.05, 4.69) is 54.9 Å². The zero-order valence-electron chi connectivity index (χ0n) is 13.8. The van der Waals surface area contributed by atoms with Crippen molar-refractivity contribution in [2.75, 3.05) is 20.6 Å². The Balaban J connectivity index is 2.07. The molecule has 3 nitrogen and oxygen atoms in total. The van der Waals surface area contributed by atoms with Crippen LogP contribution in [0.3, 0.4) is 0 Å². The Hall–Kier alpha value is -1.79. The zero-order chi connectivity index (χ0) is 15.7. The first-order chi connectivity index (χ1) is 10.6. The van der Waals surface area contributed by atoms with Gasteiger partial charge in [0.05, 0.1) is 11.6 Å². The summed E-state index contributed by atoms with van der Waals surface area (Å²) in [5.41, 5.74) is 3.50. The zero-order valence-corrected chi connectivity index (χ0v) is 13.8. The highest BCUT2D eigenvalue weighted by atomic mass is 15.1. The first-order valence-electron chi connectivity index (χ1n) is 8.31. The predicted octanol–water partition coefficient (Wildman–Crippen LogP) is 3.98. The Morgan fingerprint density at radius 3 is 2.82 bits per heavy atom. The van der Waals surface area contributed by atoms with Crippen LogP contribution in [0.15, 0.2) is 24.4 Å². The molecular weight excluding hydrogens is 270 g/mol. The molecular formula is C19H25N3. The fraction of sp³-hybridized carbons (Fsp3) is 0.526. The highest BCUT2D eigenvalue weighted by molar-refractivity contribution is 5.86. The fourth-order valence-corrected chi connectivity index (χ4v) is 4.09. The van der Waals surface area contributed by atoms with E-state index in [0.29, 0.717) is 5.92 Å². The van der Waals surface area contributed by atoms with Crippen LogP contribution in [-0.4, -0.2) is 30.1 Å². The van der Waals surface area contributed by atoms with Crippen molar-refractivity contribution < 1.29 is 0 Å². The molecule has 0 radical (unpaired) electrons. The molecule has 0 bridgehead atoms. The van der Waals surface area contributed by atoms with E-state index in [4.69, 9.17) is 0 Å². The van der Waals surface area contributed by atoms with Crippen LogP contribution in [0.4, 0.5) is 0 Å². The van der Waals surface area contributed by atoms with Crippen molar-refractivity contribution in [2.45, 2.75) is 38.6 Å². The summed E-state index contributed by atoms with van der Waals surface area (Å²) < 4.78 is 2.33. The lowest BCUT2D eigenvalue weighted by molar-refractivity contribution is 0.310. The van der Waals surface area contributed by atoms with Gasteiger partial charge in [-0.3, -0.25) is 0 Å². The van der Waals surface area contributed by atoms with E-state index in [1.165, 1.54) is 35.7 Å². The van der Waals surface area contributed by atoms with Gasteiger partial charge in [0.2, 0.25) is 0 Å². The van der Waals surface area contributed by atoms with Gasteiger partial charge >= 0.3 is 0 Å². The number of nitriles is 1. The van der Waals surface area contributed by atoms with E-state index in [0.717, 1.165) is 24.6 Å². The van der Waals surface area contributed by atoms with Gasteiger partial charge in [-0.1, -0.05) is 6.42 Å². The van der Waals surface area contributed by atoms with Gasteiger partial charge in [0.1, 0.15) is 0 Å². The maximum atomic E-state index is 9.22. The normalized spacial score (nSPS) is 21.6. The molecule has 116 valence electrons. The van der Waals surface area contributed by atoms with Crippen LogP contribution < -0.4 is 0 Å². The van der Waals surface area contributed by atoms with E-state index in [-0.39, 0.29) is 0 Å². The standard InChI is InChI=1S/C19H25N3/c1-4-22-13-18(16-7-5-6-15(16)12-21(2)3)17-10-14(11-20)8-9-19(17)22/h8-10,13,15-16H,4-7,12H2,1-3H3. The Morgan fingerprint density at radius 2 is 2.14 bits per heavy atom. The molecule has 1 aromatic heterocycles. The summed E-state index contributed by atoms with van der Waals surface area (Å²) in [7, 11) is 4.33. The molecule has 0 saturated heterocycles. The maximum absolute atomic E-state index is 9.22. The Morgan fingerprint density at radius 1 is 1.32 bits per heavy atom. The summed E-state index contributed by atoms with van der Waals surface area (Å²) in [5, 5.41) is 10.5. The number of hydrogen-bond donors (Lipinski definition) is 0. The maximum Gasteiger partial charge on any atom is 0.0991 e. The van der Waals surface area contributed by atoms with Gasteiger partial charge in [-0.05, 0) is 69.5 Å². The van der Waals surface area contributed by atoms with Crippen LogP contribution in [0, 0.1) is 17.2 Å². The van der Waals surface area contributed by atoms with Crippen LogP contribution >= 0.6 is 0 Å². The molecule has 22 heavy (non-hydrogen) atoms. The molecule has 1 aliphatic rings. The molecule has 1 heterocycles. The van der Waals surface area contributed by atoms with E-state index < -0.39 is 0 Å². The van der Waals surface area contributed by atoms with E-state index >= 15 is 0 Å². The molecule has 0 amide bonds. The summed E-state index contributed by atoms with van der Waals surface area (Å²) in [6, 6.07) is 8.42. The molecule has 0 N–H and O–H groups in total. The summed E-state index contributed by atoms with van der Waals surface area (Å²) in [5.74, 6) is 1.36. The highest BCUT2D eigenvalue weighted by Crippen LogP contribution is 2.43. The molecule has 0 spiro atoms. The number of aromatic nitrogens is 1. The number of aryl methyl sites for hydroxylation is 1. The van der Waals surface area contributed by atoms with E-state index in [1.807, 2.05) is 6.07 Å². The highest BCUT2D eigenvalue weighted by Gasteiger charge is 2.31. The minimum absolute atomic E-state index is 0.631. The second-order valence-electron chi connectivity index (χ2n) is 6.77. The van der Waals surface area contributed by atoms with Crippen molar-refractivity contribution in [3.05, 3.63) is 35.5 Å². The lowest BCUT2D eigenvalue weighted by Gasteiger charge is -2.23. The van der Waals surface area contributed by atoms with Gasteiger partial charge in [-0.15, -0.1) is 0 Å². The van der Waals surface area contributed by atoms with Gasteiger partial charge in [0.15, 0.2) is 0 Å². The van der Waals surface area contributed by atoms with E-state index in [1.54, 1.807) is 0 Å². The molecule has 2 unspecified atom stereocenters. The predicted molar refractivity (Wildman–Crippen MR) is 91.0 cm³/mol. The van der Waals surface area contributed by atoms with Crippen LogP contribution in [0.5, 0.6) is 0 Å². The molecule has 3 heteroatoms. The second kappa shape index (κ2) is 6.14. The smallest absolute Gasteiger partial charge is 0.0991 e. The molecule has 1 saturated carbocycles. The number of rotatable bonds is 4. The number of fused-ring (bicyclic) bond motifs is 1. The van der Waals surface area contributed by atoms with E-state index in [9.17, 15) is 5.26 Å². The average molecular weight is 295 g/mol. The van der Waals surface area contributed by atoms with Gasteiger partial charge in [-0.2, -0.15) is 5.26 Å². The number of benzene rings is 1. The van der Waals surface area contributed by atoms with Crippen LogP contribution in [-0.2, 0) is 6.54 Å². The van der Waals surface area contributed by atoms with Gasteiger partial charge < -0.3 is 9.47 Å². The minimum Gasteiger partial charge on any atom is -0.347 e. The topological polar surface area (TPSA) is 32.0 Å². The molecule has 1 fully saturated rings. The number of hydrogen-bond acceptors (Lipinski definition) is 2. The second-order valence-corrected chi connectivity index (χ2v) is 6.77. The lowest BCUT2D eigenvalue weighted by Crippen LogP contribution is -2.23. The lowest BCUT2D eigenvalue weighted by atomic mass is 9.88. The monoisotopic (exact) mass is 295 g/mol. The quantitative estimate of drug-likeness (QED) is 0.854. The van der Waals surface area contributed by atoms with Crippen molar-refractivity contribution in [3.63, 3.8) is 0 Å². The van der Waals surface area contributed by atoms with Gasteiger partial charge in [-0.25, -0.2) is 0 Å². The van der Waals surface area contributed by atoms with Crippen LogP contribution in [0.1, 0.15) is 43.2 Å². The van der Waals surface area contributed by atoms with Crippen molar-refractivity contribution >= 4 is 10.9 Å². The SMILES string of the molecule is CCn1cc(C2CCCC2CN(C)C)c2cc(C#N)ccc21. The number of nitrogens with zero attached hydrogens (tertiary/aromatic N) is 3. The molecule has 1 aliphatic carbocycles. The summed E-state index contributed by atoms with van der Waals surface area (Å²) >= 11 is 0. The van der Waals surface area contributed by atoms with Crippen molar-refractivity contribution in [1.82, 2.24) is 9.47 Å². The molecule has 3 rings (SSSR count). The van der Waals surface area contributed by atoms with Crippen molar-refractivity contribution in [1.29, 1.82) is 5.26 Å².